The summed E-state index contributed by atoms with van der Waals surface area (Å²) in [5.41, 5.74) is 27.7. The van der Waals surface area contributed by atoms with Gasteiger partial charge in [-0.2, -0.15) is 0 Å². The largest absolute Gasteiger partial charge is 0.309 e. The quantitative estimate of drug-likeness (QED) is 0.157. The zero-order chi connectivity index (χ0) is 49.5. The molecule has 0 saturated heterocycles. The van der Waals surface area contributed by atoms with Gasteiger partial charge in [-0.05, 0) is 174 Å². The molecule has 74 heavy (non-hydrogen) atoms. The molecule has 0 bridgehead atoms. The Morgan fingerprint density at radius 1 is 0.243 bits per heavy atom. The molecule has 15 rings (SSSR count). The maximum atomic E-state index is 2.49. The van der Waals surface area contributed by atoms with Gasteiger partial charge < -0.3 is 9.13 Å². The van der Waals surface area contributed by atoms with E-state index in [9.17, 15) is 0 Å². The lowest BCUT2D eigenvalue weighted by atomic mass is 9.79. The van der Waals surface area contributed by atoms with Crippen molar-refractivity contribution >= 4 is 43.6 Å². The van der Waals surface area contributed by atoms with Crippen LogP contribution in [0, 0.1) is 0 Å². The SMILES string of the molecule is CC1(C)c2cc(-c3ccc4c(c3)c3cc(-c5ccccc5)ccc3n4-c3ccccc3)ccc2-c2c1ccc1c2-c2ccc(-c3ccc4c(c3)c3cc(-c5ccccc5)ccc3n4-c3ccccc3)cc2C1(C)C. The number of rotatable bonds is 6. The molecule has 0 N–H and O–H groups in total. The maximum Gasteiger partial charge on any atom is 0.0541 e. The van der Waals surface area contributed by atoms with E-state index in [2.05, 4.69) is 279 Å². The Balaban J connectivity index is 0.841. The molecule has 2 aromatic heterocycles. The summed E-state index contributed by atoms with van der Waals surface area (Å²) < 4.78 is 4.83. The molecular weight excluding hydrogens is 893 g/mol. The van der Waals surface area contributed by atoms with Crippen molar-refractivity contribution in [3.8, 4) is 78.1 Å². The topological polar surface area (TPSA) is 9.86 Å². The van der Waals surface area contributed by atoms with E-state index in [1.807, 2.05) is 0 Å². The van der Waals surface area contributed by atoms with Crippen LogP contribution in [0.2, 0.25) is 0 Å². The number of para-hydroxylation sites is 2. The van der Waals surface area contributed by atoms with Gasteiger partial charge in [-0.25, -0.2) is 0 Å². The molecule has 0 aliphatic heterocycles. The number of fused-ring (bicyclic) bond motifs is 13. The molecule has 2 heterocycles. The van der Waals surface area contributed by atoms with Crippen LogP contribution in [0.15, 0.2) is 243 Å². The van der Waals surface area contributed by atoms with E-state index in [4.69, 9.17) is 0 Å². The van der Waals surface area contributed by atoms with Gasteiger partial charge >= 0.3 is 0 Å². The second kappa shape index (κ2) is 15.8. The van der Waals surface area contributed by atoms with E-state index in [1.54, 1.807) is 0 Å². The number of aromatic nitrogens is 2. The van der Waals surface area contributed by atoms with Gasteiger partial charge in [-0.15, -0.1) is 0 Å². The Bertz CT molecular complexity index is 4150. The lowest BCUT2D eigenvalue weighted by Gasteiger charge is -2.24. The Labute approximate surface area is 432 Å². The van der Waals surface area contributed by atoms with Crippen LogP contribution in [0.3, 0.4) is 0 Å². The molecule has 0 amide bonds. The monoisotopic (exact) mass is 944 g/mol. The minimum absolute atomic E-state index is 0.185. The third-order valence-corrected chi connectivity index (χ3v) is 16.9. The van der Waals surface area contributed by atoms with E-state index >= 15 is 0 Å². The van der Waals surface area contributed by atoms with Gasteiger partial charge in [0.05, 0.1) is 22.1 Å². The molecule has 350 valence electrons. The molecule has 13 aromatic rings. The standard InChI is InChI=1S/C72H52N2/c1-71(2)61-33-34-62-70(69(61)55-31-25-51(43-63(55)71)49-29-37-67-59(41-49)57-39-47(45-17-9-5-10-18-45)27-35-65(57)73(67)53-21-13-7-14-22-53)56-32-26-52(44-64(56)72(62,3)4)50-30-38-68-60(42-50)58-40-48(46-19-11-6-12-20-46)28-36-66(58)74(68)54-23-15-8-16-24-54/h5-44H,1-4H3. The lowest BCUT2D eigenvalue weighted by molar-refractivity contribution is 0.651. The predicted molar refractivity (Wildman–Crippen MR) is 312 cm³/mol. The van der Waals surface area contributed by atoms with Gasteiger partial charge in [0, 0.05) is 43.7 Å². The van der Waals surface area contributed by atoms with E-state index in [0.29, 0.717) is 0 Å². The van der Waals surface area contributed by atoms with Crippen LogP contribution in [-0.2, 0) is 10.8 Å². The van der Waals surface area contributed by atoms with Crippen molar-refractivity contribution in [2.24, 2.45) is 0 Å². The molecule has 0 radical (unpaired) electrons. The maximum absolute atomic E-state index is 2.49. The Hall–Kier alpha value is -8.98. The summed E-state index contributed by atoms with van der Waals surface area (Å²) in [6.07, 6.45) is 0. The second-order valence-electron chi connectivity index (χ2n) is 21.7. The van der Waals surface area contributed by atoms with Gasteiger partial charge in [0.15, 0.2) is 0 Å². The molecule has 0 atom stereocenters. The van der Waals surface area contributed by atoms with Crippen LogP contribution >= 0.6 is 0 Å². The third-order valence-electron chi connectivity index (χ3n) is 16.9. The summed E-state index contributed by atoms with van der Waals surface area (Å²) >= 11 is 0. The fraction of sp³-hybridized carbons (Fsp3) is 0.0833. The third kappa shape index (κ3) is 6.18. The summed E-state index contributed by atoms with van der Waals surface area (Å²) in [5.74, 6) is 0. The number of benzene rings is 11. The first-order chi connectivity index (χ1) is 36.2. The first-order valence-corrected chi connectivity index (χ1v) is 26.1. The molecule has 11 aromatic carbocycles. The van der Waals surface area contributed by atoms with E-state index in [-0.39, 0.29) is 10.8 Å². The van der Waals surface area contributed by atoms with Crippen molar-refractivity contribution in [3.05, 3.63) is 265 Å². The first kappa shape index (κ1) is 42.7. The van der Waals surface area contributed by atoms with E-state index in [0.717, 1.165) is 0 Å². The average molecular weight is 945 g/mol. The summed E-state index contributed by atoms with van der Waals surface area (Å²) in [7, 11) is 0. The first-order valence-electron chi connectivity index (χ1n) is 26.1. The van der Waals surface area contributed by atoms with Crippen molar-refractivity contribution < 1.29 is 0 Å². The molecule has 2 nitrogen and oxygen atoms in total. The van der Waals surface area contributed by atoms with Crippen LogP contribution in [0.4, 0.5) is 0 Å². The summed E-state index contributed by atoms with van der Waals surface area (Å²) in [4.78, 5) is 0. The molecule has 2 aliphatic rings. The molecular formula is C72H52N2. The number of nitrogens with zero attached hydrogens (tertiary/aromatic N) is 2. The van der Waals surface area contributed by atoms with Gasteiger partial charge in [0.25, 0.3) is 0 Å². The molecule has 2 aliphatic carbocycles. The van der Waals surface area contributed by atoms with Crippen LogP contribution in [-0.4, -0.2) is 9.13 Å². The fourth-order valence-corrected chi connectivity index (χ4v) is 13.1. The van der Waals surface area contributed by atoms with Crippen molar-refractivity contribution in [1.29, 1.82) is 0 Å². The highest BCUT2D eigenvalue weighted by Gasteiger charge is 2.44. The van der Waals surface area contributed by atoms with Gasteiger partial charge in [0.2, 0.25) is 0 Å². The van der Waals surface area contributed by atoms with E-state index in [1.165, 1.54) is 144 Å². The van der Waals surface area contributed by atoms with Crippen LogP contribution in [0.5, 0.6) is 0 Å². The highest BCUT2D eigenvalue weighted by molar-refractivity contribution is 6.13. The summed E-state index contributed by atoms with van der Waals surface area (Å²) in [6, 6.07) is 90.5. The zero-order valence-electron chi connectivity index (χ0n) is 42.0. The van der Waals surface area contributed by atoms with Gasteiger partial charge in [-0.1, -0.05) is 185 Å². The van der Waals surface area contributed by atoms with Gasteiger partial charge in [-0.3, -0.25) is 0 Å². The van der Waals surface area contributed by atoms with Crippen LogP contribution in [0.25, 0.3) is 122 Å². The normalized spacial score (nSPS) is 13.9. The summed E-state index contributed by atoms with van der Waals surface area (Å²) in [5, 5.41) is 5.03. The Kier molecular flexibility index (Phi) is 9.09. The highest BCUT2D eigenvalue weighted by Crippen LogP contribution is 2.60. The van der Waals surface area contributed by atoms with E-state index < -0.39 is 0 Å². The Morgan fingerprint density at radius 3 is 0.865 bits per heavy atom. The molecule has 0 unspecified atom stereocenters. The lowest BCUT2D eigenvalue weighted by Crippen LogP contribution is -2.17. The van der Waals surface area contributed by atoms with Crippen molar-refractivity contribution in [1.82, 2.24) is 9.13 Å². The minimum Gasteiger partial charge on any atom is -0.309 e. The van der Waals surface area contributed by atoms with Gasteiger partial charge in [0.1, 0.15) is 0 Å². The number of hydrogen-bond acceptors (Lipinski definition) is 0. The molecule has 0 saturated carbocycles. The number of hydrogen-bond donors (Lipinski definition) is 0. The predicted octanol–water partition coefficient (Wildman–Crippen LogP) is 19.2. The van der Waals surface area contributed by atoms with Crippen molar-refractivity contribution in [3.63, 3.8) is 0 Å². The van der Waals surface area contributed by atoms with Crippen LogP contribution in [0.1, 0.15) is 49.9 Å². The highest BCUT2D eigenvalue weighted by atomic mass is 15.0. The minimum atomic E-state index is -0.185. The molecule has 2 heteroatoms. The second-order valence-corrected chi connectivity index (χ2v) is 21.7. The smallest absolute Gasteiger partial charge is 0.0541 e. The fourth-order valence-electron chi connectivity index (χ4n) is 13.1. The zero-order valence-corrected chi connectivity index (χ0v) is 42.0. The van der Waals surface area contributed by atoms with Crippen molar-refractivity contribution in [2.75, 3.05) is 0 Å². The summed E-state index contributed by atoms with van der Waals surface area (Å²) in [6.45, 7) is 9.70. The molecule has 0 fully saturated rings. The Morgan fingerprint density at radius 2 is 0.527 bits per heavy atom. The van der Waals surface area contributed by atoms with Crippen LogP contribution < -0.4 is 0 Å². The molecule has 0 spiro atoms. The average Bonchev–Trinajstić information content (AvgIpc) is 4.20. The van der Waals surface area contributed by atoms with Crippen molar-refractivity contribution in [2.45, 2.75) is 38.5 Å².